The molecule has 10 nitrogen and oxygen atoms in total. The second kappa shape index (κ2) is 9.70. The Bertz CT molecular complexity index is 991. The average Bonchev–Trinajstić information content (AvgIpc) is 3.15. The number of amides is 2. The van der Waals surface area contributed by atoms with Gasteiger partial charge in [0, 0.05) is 30.8 Å². The van der Waals surface area contributed by atoms with Gasteiger partial charge in [-0.05, 0) is 31.2 Å². The van der Waals surface area contributed by atoms with Crippen LogP contribution in [0.1, 0.15) is 13.3 Å². The van der Waals surface area contributed by atoms with E-state index in [0.29, 0.717) is 23.7 Å². The summed E-state index contributed by atoms with van der Waals surface area (Å²) in [5.41, 5.74) is 0.824. The Morgan fingerprint density at radius 2 is 1.90 bits per heavy atom. The van der Waals surface area contributed by atoms with Gasteiger partial charge >= 0.3 is 5.97 Å². The van der Waals surface area contributed by atoms with Crippen LogP contribution < -0.4 is 15.0 Å². The number of nitro groups is 1. The molecule has 2 amide bonds. The Labute approximate surface area is 177 Å². The number of nitro benzene ring substituents is 1. The molecular formula is C21H21N3O7. The van der Waals surface area contributed by atoms with E-state index < -0.39 is 29.3 Å². The van der Waals surface area contributed by atoms with Crippen LogP contribution in [0.3, 0.4) is 0 Å². The zero-order valence-corrected chi connectivity index (χ0v) is 16.8. The molecule has 10 heteroatoms. The maximum atomic E-state index is 12.3. The molecule has 3 rings (SSSR count). The van der Waals surface area contributed by atoms with E-state index >= 15 is 0 Å². The van der Waals surface area contributed by atoms with Crippen molar-refractivity contribution >= 4 is 34.8 Å². The summed E-state index contributed by atoms with van der Waals surface area (Å²) >= 11 is 0. The van der Waals surface area contributed by atoms with Crippen LogP contribution in [0.2, 0.25) is 0 Å². The molecular weight excluding hydrogens is 406 g/mol. The predicted molar refractivity (Wildman–Crippen MR) is 111 cm³/mol. The van der Waals surface area contributed by atoms with E-state index in [4.69, 9.17) is 9.47 Å². The minimum absolute atomic E-state index is 0.0649. The van der Waals surface area contributed by atoms with Crippen LogP contribution in [0.5, 0.6) is 5.75 Å². The second-order valence-electron chi connectivity index (χ2n) is 6.76. The number of esters is 1. The number of ether oxygens (including phenoxy) is 2. The Hall–Kier alpha value is -3.95. The minimum Gasteiger partial charge on any atom is -0.492 e. The summed E-state index contributed by atoms with van der Waals surface area (Å²) in [6.07, 6.45) is -0.0649. The van der Waals surface area contributed by atoms with E-state index in [9.17, 15) is 24.5 Å². The van der Waals surface area contributed by atoms with Gasteiger partial charge in [0.25, 0.3) is 11.6 Å². The molecule has 1 aliphatic heterocycles. The molecule has 0 radical (unpaired) electrons. The van der Waals surface area contributed by atoms with Crippen LogP contribution in [0.15, 0.2) is 48.5 Å². The van der Waals surface area contributed by atoms with Gasteiger partial charge in [0.1, 0.15) is 5.75 Å². The summed E-state index contributed by atoms with van der Waals surface area (Å²) < 4.78 is 10.5. The quantitative estimate of drug-likeness (QED) is 0.389. The molecule has 2 aromatic carbocycles. The number of non-ortho nitro benzene ring substituents is 1. The molecule has 0 aromatic heterocycles. The third kappa shape index (κ3) is 5.35. The van der Waals surface area contributed by atoms with Crippen molar-refractivity contribution in [1.29, 1.82) is 0 Å². The zero-order valence-electron chi connectivity index (χ0n) is 16.8. The van der Waals surface area contributed by atoms with Gasteiger partial charge in [-0.2, -0.15) is 0 Å². The number of carbonyl (C=O) groups is 3. The lowest BCUT2D eigenvalue weighted by Gasteiger charge is -2.16. The van der Waals surface area contributed by atoms with Crippen molar-refractivity contribution in [2.75, 3.05) is 30.0 Å². The summed E-state index contributed by atoms with van der Waals surface area (Å²) in [6.45, 7) is 1.83. The monoisotopic (exact) mass is 427 g/mol. The van der Waals surface area contributed by atoms with Crippen molar-refractivity contribution in [1.82, 2.24) is 0 Å². The molecule has 1 N–H and O–H groups in total. The number of nitrogens with one attached hydrogen (secondary N) is 1. The van der Waals surface area contributed by atoms with Crippen molar-refractivity contribution in [3.05, 3.63) is 58.6 Å². The first kappa shape index (κ1) is 21.8. The van der Waals surface area contributed by atoms with E-state index in [0.717, 1.165) is 0 Å². The summed E-state index contributed by atoms with van der Waals surface area (Å²) in [7, 11) is 0. The molecule has 1 heterocycles. The highest BCUT2D eigenvalue weighted by atomic mass is 16.6. The largest absolute Gasteiger partial charge is 0.492 e. The van der Waals surface area contributed by atoms with Gasteiger partial charge in [0.15, 0.2) is 6.61 Å². The molecule has 1 fully saturated rings. The molecule has 2 aromatic rings. The van der Waals surface area contributed by atoms with Crippen LogP contribution in [0.4, 0.5) is 17.1 Å². The number of hydrogen-bond donors (Lipinski definition) is 1. The van der Waals surface area contributed by atoms with Crippen molar-refractivity contribution in [3.8, 4) is 5.75 Å². The second-order valence-corrected chi connectivity index (χ2v) is 6.76. The summed E-state index contributed by atoms with van der Waals surface area (Å²) in [5, 5.41) is 13.4. The van der Waals surface area contributed by atoms with Gasteiger partial charge in [-0.1, -0.05) is 12.1 Å². The highest BCUT2D eigenvalue weighted by Gasteiger charge is 2.36. The molecule has 0 spiro atoms. The number of rotatable bonds is 8. The zero-order chi connectivity index (χ0) is 22.4. The van der Waals surface area contributed by atoms with Crippen LogP contribution in [-0.2, 0) is 19.1 Å². The fraction of sp³-hybridized carbons (Fsp3) is 0.286. The molecule has 0 unspecified atom stereocenters. The fourth-order valence-electron chi connectivity index (χ4n) is 3.16. The van der Waals surface area contributed by atoms with Crippen molar-refractivity contribution in [2.24, 2.45) is 5.92 Å². The van der Waals surface area contributed by atoms with Gasteiger partial charge in [-0.25, -0.2) is 0 Å². The Morgan fingerprint density at radius 3 is 2.58 bits per heavy atom. The van der Waals surface area contributed by atoms with Crippen LogP contribution in [-0.4, -0.2) is 42.5 Å². The molecule has 0 saturated carbocycles. The van der Waals surface area contributed by atoms with Crippen molar-refractivity contribution < 1.29 is 28.8 Å². The summed E-state index contributed by atoms with van der Waals surface area (Å²) in [5.74, 6) is -1.72. The maximum Gasteiger partial charge on any atom is 0.311 e. The van der Waals surface area contributed by atoms with E-state index in [-0.39, 0.29) is 24.6 Å². The van der Waals surface area contributed by atoms with Gasteiger partial charge in [0.05, 0.1) is 23.1 Å². The molecule has 162 valence electrons. The molecule has 1 saturated heterocycles. The highest BCUT2D eigenvalue weighted by Crippen LogP contribution is 2.27. The first-order valence-electron chi connectivity index (χ1n) is 9.62. The topological polar surface area (TPSA) is 128 Å². The first-order valence-corrected chi connectivity index (χ1v) is 9.62. The third-order valence-corrected chi connectivity index (χ3v) is 4.64. The normalized spacial score (nSPS) is 15.5. The number of nitrogens with zero attached hydrogens (tertiary/aromatic N) is 2. The van der Waals surface area contributed by atoms with Gasteiger partial charge in [-0.3, -0.25) is 24.5 Å². The Kier molecular flexibility index (Phi) is 6.81. The van der Waals surface area contributed by atoms with Crippen LogP contribution in [0, 0.1) is 16.0 Å². The van der Waals surface area contributed by atoms with E-state index in [2.05, 4.69) is 5.32 Å². The van der Waals surface area contributed by atoms with Gasteiger partial charge in [-0.15, -0.1) is 0 Å². The maximum absolute atomic E-state index is 12.3. The lowest BCUT2D eigenvalue weighted by Crippen LogP contribution is -2.28. The molecule has 0 aliphatic carbocycles. The average molecular weight is 427 g/mol. The lowest BCUT2D eigenvalue weighted by molar-refractivity contribution is -0.384. The molecule has 31 heavy (non-hydrogen) atoms. The molecule has 1 atom stereocenters. The van der Waals surface area contributed by atoms with Crippen molar-refractivity contribution in [3.63, 3.8) is 0 Å². The van der Waals surface area contributed by atoms with E-state index in [1.807, 2.05) is 6.92 Å². The van der Waals surface area contributed by atoms with Crippen molar-refractivity contribution in [2.45, 2.75) is 13.3 Å². The number of para-hydroxylation sites is 2. The van der Waals surface area contributed by atoms with E-state index in [1.165, 1.54) is 29.2 Å². The van der Waals surface area contributed by atoms with Crippen LogP contribution >= 0.6 is 0 Å². The highest BCUT2D eigenvalue weighted by molar-refractivity contribution is 6.00. The van der Waals surface area contributed by atoms with Gasteiger partial charge < -0.3 is 19.7 Å². The standard InChI is InChI=1S/C21H21N3O7/c1-2-30-18-6-4-3-5-17(18)22-19(25)13-31-21(27)14-11-20(26)23(12-14)15-7-9-16(10-8-15)24(28)29/h3-10,14H,2,11-13H2,1H3,(H,22,25)/t14-/m0/s1. The number of anilines is 2. The SMILES string of the molecule is CCOc1ccccc1NC(=O)COC(=O)[C@H]1CC(=O)N(c2ccc([N+](=O)[O-])cc2)C1. The Balaban J connectivity index is 1.53. The predicted octanol–water partition coefficient (Wildman–Crippen LogP) is 2.53. The molecule has 0 bridgehead atoms. The lowest BCUT2D eigenvalue weighted by atomic mass is 10.1. The number of hydrogen-bond acceptors (Lipinski definition) is 7. The fourth-order valence-corrected chi connectivity index (χ4v) is 3.16. The smallest absolute Gasteiger partial charge is 0.311 e. The first-order chi connectivity index (χ1) is 14.9. The number of benzene rings is 2. The number of carbonyl (C=O) groups excluding carboxylic acids is 3. The summed E-state index contributed by atoms with van der Waals surface area (Å²) in [4.78, 5) is 48.4. The minimum atomic E-state index is -0.730. The van der Waals surface area contributed by atoms with Gasteiger partial charge in [0.2, 0.25) is 5.91 Å². The van der Waals surface area contributed by atoms with E-state index in [1.54, 1.807) is 24.3 Å². The summed E-state index contributed by atoms with van der Waals surface area (Å²) in [6, 6.07) is 12.4. The molecule has 1 aliphatic rings. The Morgan fingerprint density at radius 1 is 1.19 bits per heavy atom. The van der Waals surface area contributed by atoms with Crippen LogP contribution in [0.25, 0.3) is 0 Å². The third-order valence-electron chi connectivity index (χ3n) is 4.64.